The molecule has 5 nitrogen and oxygen atoms in total. The first-order valence-electron chi connectivity index (χ1n) is 10.9. The van der Waals surface area contributed by atoms with Crippen molar-refractivity contribution in [2.45, 2.75) is 0 Å². The molecule has 0 aliphatic rings. The maximum Gasteiger partial charge on any atom is 0.227 e. The van der Waals surface area contributed by atoms with Crippen LogP contribution in [0, 0.1) is 11.6 Å². The Hall–Kier alpha value is -4.78. The van der Waals surface area contributed by atoms with Crippen LogP contribution in [0.1, 0.15) is 0 Å². The Morgan fingerprint density at radius 3 is 1.37 bits per heavy atom. The van der Waals surface area contributed by atoms with Gasteiger partial charge in [-0.1, -0.05) is 24.3 Å². The average molecular weight is 462 g/mol. The molecule has 6 rings (SSSR count). The lowest BCUT2D eigenvalue weighted by atomic mass is 10.1. The van der Waals surface area contributed by atoms with Gasteiger partial charge < -0.3 is 4.42 Å². The minimum Gasteiger partial charge on any atom is -0.436 e. The van der Waals surface area contributed by atoms with Gasteiger partial charge in [0.2, 0.25) is 5.89 Å². The van der Waals surface area contributed by atoms with Crippen molar-refractivity contribution >= 4 is 11.1 Å². The molecule has 0 aliphatic carbocycles. The fourth-order valence-corrected chi connectivity index (χ4v) is 3.72. The summed E-state index contributed by atoms with van der Waals surface area (Å²) in [6.45, 7) is 0. The largest absolute Gasteiger partial charge is 0.436 e. The summed E-state index contributed by atoms with van der Waals surface area (Å²) in [5, 5.41) is 0. The van der Waals surface area contributed by atoms with Gasteiger partial charge in [-0.05, 0) is 72.8 Å². The zero-order chi connectivity index (χ0) is 23.8. The standard InChI is InChI=1S/C28H16F2N4O/c29-21-13-9-18(10-14-21)26-32-25(33-27(34-26)19-11-15-22(30)16-12-19)17-5-7-20(8-6-17)28-31-23-3-1-2-4-24(23)35-28/h1-16H. The van der Waals surface area contributed by atoms with E-state index in [0.29, 0.717) is 34.5 Å². The van der Waals surface area contributed by atoms with Crippen molar-refractivity contribution in [1.29, 1.82) is 0 Å². The van der Waals surface area contributed by atoms with Crippen LogP contribution in [0.4, 0.5) is 8.78 Å². The number of rotatable bonds is 4. The molecule has 0 saturated carbocycles. The van der Waals surface area contributed by atoms with E-state index in [1.54, 1.807) is 24.3 Å². The van der Waals surface area contributed by atoms with Gasteiger partial charge in [-0.25, -0.2) is 28.7 Å². The molecular formula is C28H16F2N4O. The fourth-order valence-electron chi connectivity index (χ4n) is 3.72. The van der Waals surface area contributed by atoms with Crippen molar-refractivity contribution in [3.05, 3.63) is 109 Å². The molecule has 0 bridgehead atoms. The lowest BCUT2D eigenvalue weighted by Crippen LogP contribution is -2.00. The van der Waals surface area contributed by atoms with Crippen LogP contribution in [0.2, 0.25) is 0 Å². The van der Waals surface area contributed by atoms with Gasteiger partial charge >= 0.3 is 0 Å². The van der Waals surface area contributed by atoms with Crippen LogP contribution in [0.25, 0.3) is 56.7 Å². The van der Waals surface area contributed by atoms with Crippen molar-refractivity contribution in [2.75, 3.05) is 0 Å². The van der Waals surface area contributed by atoms with Crippen LogP contribution < -0.4 is 0 Å². The maximum atomic E-state index is 13.5. The third-order valence-electron chi connectivity index (χ3n) is 5.52. The van der Waals surface area contributed by atoms with Gasteiger partial charge in [-0.3, -0.25) is 0 Å². The topological polar surface area (TPSA) is 64.7 Å². The van der Waals surface area contributed by atoms with Crippen LogP contribution >= 0.6 is 0 Å². The van der Waals surface area contributed by atoms with Crippen molar-refractivity contribution in [3.8, 4) is 45.6 Å². The summed E-state index contributed by atoms with van der Waals surface area (Å²) in [5.74, 6) is 1.03. The lowest BCUT2D eigenvalue weighted by molar-refractivity contribution is 0.620. The fraction of sp³-hybridized carbons (Fsp3) is 0. The van der Waals surface area contributed by atoms with Crippen LogP contribution in [0.5, 0.6) is 0 Å². The Morgan fingerprint density at radius 2 is 0.886 bits per heavy atom. The van der Waals surface area contributed by atoms with Gasteiger partial charge in [0.05, 0.1) is 0 Å². The molecule has 35 heavy (non-hydrogen) atoms. The molecule has 0 amide bonds. The Morgan fingerprint density at radius 1 is 0.457 bits per heavy atom. The van der Waals surface area contributed by atoms with Crippen LogP contribution in [0.3, 0.4) is 0 Å². The predicted molar refractivity (Wildman–Crippen MR) is 129 cm³/mol. The Kier molecular flexibility index (Phi) is 5.07. The van der Waals surface area contributed by atoms with Gasteiger partial charge in [0.1, 0.15) is 17.2 Å². The molecule has 0 saturated heterocycles. The molecule has 0 atom stereocenters. The van der Waals surface area contributed by atoms with Gasteiger partial charge in [0, 0.05) is 22.3 Å². The van der Waals surface area contributed by atoms with E-state index in [0.717, 1.165) is 22.2 Å². The van der Waals surface area contributed by atoms with Crippen molar-refractivity contribution in [3.63, 3.8) is 0 Å². The molecule has 2 aromatic heterocycles. The second kappa shape index (κ2) is 8.53. The number of para-hydroxylation sites is 2. The summed E-state index contributed by atoms with van der Waals surface area (Å²) < 4.78 is 32.8. The summed E-state index contributed by atoms with van der Waals surface area (Å²) in [6.07, 6.45) is 0. The van der Waals surface area contributed by atoms with Crippen LogP contribution in [-0.2, 0) is 0 Å². The number of oxazole rings is 1. The highest BCUT2D eigenvalue weighted by Gasteiger charge is 2.14. The smallest absolute Gasteiger partial charge is 0.227 e. The minimum atomic E-state index is -0.350. The molecule has 0 aliphatic heterocycles. The van der Waals surface area contributed by atoms with Gasteiger partial charge in [0.15, 0.2) is 23.1 Å². The number of nitrogens with zero attached hydrogens (tertiary/aromatic N) is 4. The molecule has 7 heteroatoms. The average Bonchev–Trinajstić information content (AvgIpc) is 3.34. The highest BCUT2D eigenvalue weighted by molar-refractivity contribution is 5.76. The van der Waals surface area contributed by atoms with E-state index in [9.17, 15) is 8.78 Å². The van der Waals surface area contributed by atoms with Crippen molar-refractivity contribution in [2.24, 2.45) is 0 Å². The van der Waals surface area contributed by atoms with Crippen molar-refractivity contribution < 1.29 is 13.2 Å². The molecule has 4 aromatic carbocycles. The predicted octanol–water partition coefficient (Wildman–Crippen LogP) is 6.96. The summed E-state index contributed by atoms with van der Waals surface area (Å²) in [5.41, 5.74) is 4.35. The minimum absolute atomic E-state index is 0.350. The third-order valence-corrected chi connectivity index (χ3v) is 5.52. The van der Waals surface area contributed by atoms with E-state index in [4.69, 9.17) is 4.42 Å². The summed E-state index contributed by atoms with van der Waals surface area (Å²) in [6, 6.07) is 27.0. The first-order valence-corrected chi connectivity index (χ1v) is 10.9. The first-order chi connectivity index (χ1) is 17.1. The van der Waals surface area contributed by atoms with Gasteiger partial charge in [-0.2, -0.15) is 0 Å². The van der Waals surface area contributed by atoms with E-state index < -0.39 is 0 Å². The number of fused-ring (bicyclic) bond motifs is 1. The normalized spacial score (nSPS) is 11.1. The van der Waals surface area contributed by atoms with Crippen molar-refractivity contribution in [1.82, 2.24) is 19.9 Å². The maximum absolute atomic E-state index is 13.5. The van der Waals surface area contributed by atoms with Gasteiger partial charge in [0.25, 0.3) is 0 Å². The zero-order valence-corrected chi connectivity index (χ0v) is 18.2. The van der Waals surface area contributed by atoms with E-state index in [2.05, 4.69) is 19.9 Å². The molecule has 0 spiro atoms. The number of aromatic nitrogens is 4. The van der Waals surface area contributed by atoms with E-state index in [-0.39, 0.29) is 11.6 Å². The van der Waals surface area contributed by atoms with E-state index in [1.807, 2.05) is 48.5 Å². The molecule has 168 valence electrons. The number of benzene rings is 4. The molecule has 0 fully saturated rings. The summed E-state index contributed by atoms with van der Waals surface area (Å²) >= 11 is 0. The lowest BCUT2D eigenvalue weighted by Gasteiger charge is -2.08. The summed E-state index contributed by atoms with van der Waals surface area (Å²) in [4.78, 5) is 18.3. The molecule has 0 N–H and O–H groups in total. The van der Waals surface area contributed by atoms with E-state index >= 15 is 0 Å². The van der Waals surface area contributed by atoms with E-state index in [1.165, 1.54) is 24.3 Å². The highest BCUT2D eigenvalue weighted by atomic mass is 19.1. The SMILES string of the molecule is Fc1ccc(-c2nc(-c3ccc(F)cc3)nc(-c3ccc(-c4nc5ccccc5o4)cc3)n2)cc1. The van der Waals surface area contributed by atoms with Crippen LogP contribution in [-0.4, -0.2) is 19.9 Å². The second-order valence-electron chi connectivity index (χ2n) is 7.88. The second-order valence-corrected chi connectivity index (χ2v) is 7.88. The number of halogens is 2. The van der Waals surface area contributed by atoms with Gasteiger partial charge in [-0.15, -0.1) is 0 Å². The molecular weight excluding hydrogens is 446 g/mol. The molecule has 0 radical (unpaired) electrons. The summed E-state index contributed by atoms with van der Waals surface area (Å²) in [7, 11) is 0. The number of hydrogen-bond acceptors (Lipinski definition) is 5. The molecule has 0 unspecified atom stereocenters. The quantitative estimate of drug-likeness (QED) is 0.283. The Bertz CT molecular complexity index is 1550. The van der Waals surface area contributed by atoms with Crippen LogP contribution in [0.15, 0.2) is 101 Å². The molecule has 6 aromatic rings. The third kappa shape index (κ3) is 4.15. The Labute approximate surface area is 198 Å². The highest BCUT2D eigenvalue weighted by Crippen LogP contribution is 2.28. The zero-order valence-electron chi connectivity index (χ0n) is 18.2. The monoisotopic (exact) mass is 462 g/mol. The Balaban J connectivity index is 1.43. The molecule has 2 heterocycles. The first kappa shape index (κ1) is 20.8. The number of hydrogen-bond donors (Lipinski definition) is 0.